The number of rotatable bonds is 6. The van der Waals surface area contributed by atoms with Crippen LogP contribution in [0.1, 0.15) is 82.7 Å². The Bertz CT molecular complexity index is 1340. The Morgan fingerprint density at radius 3 is 2.33 bits per heavy atom. The number of quaternary nitrogens is 1. The maximum atomic E-state index is 12.2. The normalized spacial score (nSPS) is 25.4. The van der Waals surface area contributed by atoms with Crippen LogP contribution in [0.15, 0.2) is 61.3 Å². The Morgan fingerprint density at radius 2 is 1.73 bits per heavy atom. The first-order valence-electron chi connectivity index (χ1n) is 14.6. The fourth-order valence-corrected chi connectivity index (χ4v) is 7.13. The third-order valence-corrected chi connectivity index (χ3v) is 9.56. The zero-order chi connectivity index (χ0) is 28.2. The minimum atomic E-state index is -0.580. The van der Waals surface area contributed by atoms with Gasteiger partial charge in [0.25, 0.3) is 0 Å². The topological polar surface area (TPSA) is 42.4 Å². The van der Waals surface area contributed by atoms with Gasteiger partial charge in [-0.15, -0.1) is 6.58 Å². The Balaban J connectivity index is 0.00000370. The summed E-state index contributed by atoms with van der Waals surface area (Å²) < 4.78 is 6.43. The molecule has 4 unspecified atom stereocenters. The average molecular weight is 608 g/mol. The van der Waals surface area contributed by atoms with E-state index < -0.39 is 6.10 Å². The standard InChI is InChI=1S/C35H47N2O2.BrH/c1-9-24-22-37(21-23-16-26(34(2,3)4)19-27(17-23)35(5,6)7)15-13-25(24)18-32(37)33(38)29-12-14-36-31-11-10-28(39-8)20-30(29)31;/h9-12,14,16-17,19-20,24-25,32-33,38H,1,13,15,18,21-22H2,2-8H3;1H/q+1;/p-1/t24?,25?,32-,33?,37?;/m0./s1. The molecule has 0 radical (unpaired) electrons. The molecule has 0 spiro atoms. The highest BCUT2D eigenvalue weighted by Gasteiger charge is 2.54. The van der Waals surface area contributed by atoms with Gasteiger partial charge in [-0.1, -0.05) is 53.7 Å². The molecule has 0 aliphatic carbocycles. The molecule has 4 heterocycles. The van der Waals surface area contributed by atoms with Crippen LogP contribution in [0.2, 0.25) is 0 Å². The van der Waals surface area contributed by atoms with Crippen molar-refractivity contribution < 1.29 is 31.3 Å². The second-order valence-electron chi connectivity index (χ2n) is 14.2. The molecule has 3 saturated heterocycles. The summed E-state index contributed by atoms with van der Waals surface area (Å²) in [4.78, 5) is 4.58. The third-order valence-electron chi connectivity index (χ3n) is 9.56. The molecule has 2 bridgehead atoms. The monoisotopic (exact) mass is 606 g/mol. The SMILES string of the molecule is C=CC1C[N+]2(Cc3cc(C(C)(C)C)cc(C(C)(C)C)c3)CCC1C[C@H]2C(O)c1ccnc2ccc(OC)cc12.[Br-]. The van der Waals surface area contributed by atoms with Crippen molar-refractivity contribution in [3.8, 4) is 5.75 Å². The Kier molecular flexibility index (Phi) is 8.63. The van der Waals surface area contributed by atoms with Gasteiger partial charge in [0, 0.05) is 35.9 Å². The predicted octanol–water partition coefficient (Wildman–Crippen LogP) is 4.49. The van der Waals surface area contributed by atoms with Gasteiger partial charge in [-0.05, 0) is 69.8 Å². The number of piperidine rings is 3. The van der Waals surface area contributed by atoms with Crippen LogP contribution in [0.5, 0.6) is 5.75 Å². The number of ether oxygens (including phenoxy) is 1. The van der Waals surface area contributed by atoms with E-state index in [9.17, 15) is 5.11 Å². The highest BCUT2D eigenvalue weighted by atomic mass is 79.9. The zero-order valence-corrected chi connectivity index (χ0v) is 27.0. The van der Waals surface area contributed by atoms with Crippen molar-refractivity contribution in [2.75, 3.05) is 20.2 Å². The molecule has 5 atom stereocenters. The van der Waals surface area contributed by atoms with E-state index in [4.69, 9.17) is 4.74 Å². The molecule has 4 nitrogen and oxygen atoms in total. The van der Waals surface area contributed by atoms with Gasteiger partial charge in [0.1, 0.15) is 24.4 Å². The van der Waals surface area contributed by atoms with E-state index in [1.807, 2.05) is 30.5 Å². The molecule has 1 N–H and O–H groups in total. The largest absolute Gasteiger partial charge is 1.00 e. The average Bonchev–Trinajstić information content (AvgIpc) is 2.90. The number of pyridine rings is 1. The number of aliphatic hydroxyl groups is 1. The molecule has 6 rings (SSSR count). The number of aliphatic hydroxyl groups excluding tert-OH is 1. The number of benzene rings is 2. The van der Waals surface area contributed by atoms with Gasteiger partial charge in [-0.2, -0.15) is 0 Å². The maximum Gasteiger partial charge on any atom is 0.131 e. The van der Waals surface area contributed by atoms with Gasteiger partial charge >= 0.3 is 0 Å². The van der Waals surface area contributed by atoms with E-state index in [2.05, 4.69) is 77.4 Å². The summed E-state index contributed by atoms with van der Waals surface area (Å²) in [7, 11) is 1.69. The van der Waals surface area contributed by atoms with E-state index in [1.165, 1.54) is 23.1 Å². The summed E-state index contributed by atoms with van der Waals surface area (Å²) in [6, 6.07) is 15.3. The first kappa shape index (κ1) is 30.7. The molecule has 5 heteroatoms. The van der Waals surface area contributed by atoms with Crippen LogP contribution in [0.25, 0.3) is 10.9 Å². The van der Waals surface area contributed by atoms with E-state index in [0.29, 0.717) is 11.8 Å². The first-order chi connectivity index (χ1) is 18.3. The number of methoxy groups -OCH3 is 1. The highest BCUT2D eigenvalue weighted by Crippen LogP contribution is 2.48. The lowest BCUT2D eigenvalue weighted by molar-refractivity contribution is -0.984. The second kappa shape index (κ2) is 11.2. The summed E-state index contributed by atoms with van der Waals surface area (Å²) in [5, 5.41) is 13.2. The molecular weight excluding hydrogens is 560 g/mol. The fourth-order valence-electron chi connectivity index (χ4n) is 7.13. The van der Waals surface area contributed by atoms with Gasteiger partial charge in [0.05, 0.1) is 25.7 Å². The Morgan fingerprint density at radius 1 is 1.05 bits per heavy atom. The van der Waals surface area contributed by atoms with Gasteiger partial charge < -0.3 is 31.3 Å². The van der Waals surface area contributed by atoms with Crippen LogP contribution in [-0.2, 0) is 17.4 Å². The summed E-state index contributed by atoms with van der Waals surface area (Å²) in [6.45, 7) is 21.1. The maximum absolute atomic E-state index is 12.2. The molecular formula is C35H47BrN2O2. The van der Waals surface area contributed by atoms with Crippen molar-refractivity contribution in [1.82, 2.24) is 4.98 Å². The Hall–Kier alpha value is -2.21. The lowest BCUT2D eigenvalue weighted by Gasteiger charge is -2.58. The number of hydrogen-bond donors (Lipinski definition) is 1. The van der Waals surface area contributed by atoms with Crippen molar-refractivity contribution in [3.05, 3.63) is 83.6 Å². The second-order valence-corrected chi connectivity index (χ2v) is 14.2. The summed E-state index contributed by atoms with van der Waals surface area (Å²) in [6.07, 6.45) is 5.64. The fraction of sp³-hybridized carbons (Fsp3) is 0.514. The summed E-state index contributed by atoms with van der Waals surface area (Å²) >= 11 is 0. The summed E-state index contributed by atoms with van der Waals surface area (Å²) in [5.74, 6) is 1.86. The van der Waals surface area contributed by atoms with Gasteiger partial charge in [-0.25, -0.2) is 0 Å². The van der Waals surface area contributed by atoms with Gasteiger partial charge in [0.2, 0.25) is 0 Å². The molecule has 0 saturated carbocycles. The highest BCUT2D eigenvalue weighted by molar-refractivity contribution is 5.83. The van der Waals surface area contributed by atoms with E-state index in [1.54, 1.807) is 7.11 Å². The van der Waals surface area contributed by atoms with E-state index >= 15 is 0 Å². The molecule has 40 heavy (non-hydrogen) atoms. The smallest absolute Gasteiger partial charge is 0.131 e. The number of halogens is 1. The lowest BCUT2D eigenvalue weighted by Crippen LogP contribution is -3.00. The molecule has 3 aliphatic rings. The molecule has 3 aliphatic heterocycles. The zero-order valence-electron chi connectivity index (χ0n) is 25.4. The molecule has 3 fully saturated rings. The van der Waals surface area contributed by atoms with Crippen LogP contribution in [0.4, 0.5) is 0 Å². The van der Waals surface area contributed by atoms with Crippen molar-refractivity contribution in [2.45, 2.75) is 83.9 Å². The molecule has 3 aromatic rings. The van der Waals surface area contributed by atoms with Crippen molar-refractivity contribution in [1.29, 1.82) is 0 Å². The molecule has 1 aromatic heterocycles. The van der Waals surface area contributed by atoms with Crippen molar-refractivity contribution in [3.63, 3.8) is 0 Å². The van der Waals surface area contributed by atoms with Crippen LogP contribution < -0.4 is 21.7 Å². The predicted molar refractivity (Wildman–Crippen MR) is 161 cm³/mol. The van der Waals surface area contributed by atoms with Crippen molar-refractivity contribution >= 4 is 10.9 Å². The molecule has 2 aromatic carbocycles. The van der Waals surface area contributed by atoms with Crippen LogP contribution in [-0.4, -0.2) is 40.8 Å². The number of hydrogen-bond acceptors (Lipinski definition) is 3. The first-order valence-corrected chi connectivity index (χ1v) is 14.6. The van der Waals surface area contributed by atoms with Crippen molar-refractivity contribution in [2.24, 2.45) is 11.8 Å². The number of aromatic nitrogens is 1. The van der Waals surface area contributed by atoms with E-state index in [0.717, 1.165) is 52.8 Å². The lowest BCUT2D eigenvalue weighted by atomic mass is 9.71. The van der Waals surface area contributed by atoms with Crippen LogP contribution in [0.3, 0.4) is 0 Å². The third kappa shape index (κ3) is 5.75. The minimum Gasteiger partial charge on any atom is -1.00 e. The number of fused-ring (bicyclic) bond motifs is 4. The summed E-state index contributed by atoms with van der Waals surface area (Å²) in [5.41, 5.74) is 6.16. The minimum absolute atomic E-state index is 0. The Labute approximate surface area is 251 Å². The van der Waals surface area contributed by atoms with Crippen LogP contribution >= 0.6 is 0 Å². The van der Waals surface area contributed by atoms with E-state index in [-0.39, 0.29) is 33.9 Å². The quantitative estimate of drug-likeness (QED) is 0.332. The van der Waals surface area contributed by atoms with Gasteiger partial charge in [0.15, 0.2) is 0 Å². The molecule has 216 valence electrons. The van der Waals surface area contributed by atoms with Crippen LogP contribution in [0, 0.1) is 11.8 Å². The number of nitrogens with zero attached hydrogens (tertiary/aromatic N) is 2. The molecule has 0 amide bonds. The van der Waals surface area contributed by atoms with Gasteiger partial charge in [-0.3, -0.25) is 4.98 Å².